The zero-order chi connectivity index (χ0) is 14.2. The Morgan fingerprint density at radius 2 is 1.80 bits per heavy atom. The van der Waals surface area contributed by atoms with Crippen molar-refractivity contribution < 1.29 is 0 Å². The number of rotatable bonds is 6. The molecule has 1 aliphatic rings. The van der Waals surface area contributed by atoms with Gasteiger partial charge in [0.05, 0.1) is 0 Å². The Balaban J connectivity index is 1.90. The van der Waals surface area contributed by atoms with Crippen LogP contribution in [-0.2, 0) is 13.1 Å². The Bertz CT molecular complexity index is 381. The molecule has 0 heterocycles. The molecule has 1 N–H and O–H groups in total. The molecule has 1 fully saturated rings. The highest BCUT2D eigenvalue weighted by atomic mass is 15.1. The topological polar surface area (TPSA) is 15.3 Å². The third-order valence-corrected chi connectivity index (χ3v) is 4.45. The predicted molar refractivity (Wildman–Crippen MR) is 86.8 cm³/mol. The van der Waals surface area contributed by atoms with Gasteiger partial charge in [0.25, 0.3) is 0 Å². The third-order valence-electron chi connectivity index (χ3n) is 4.45. The monoisotopic (exact) mass is 274 g/mol. The SMILES string of the molecule is CCNCc1cccc(CN(C)C2CCCCCC2)c1. The molecule has 2 nitrogen and oxygen atoms in total. The molecule has 20 heavy (non-hydrogen) atoms. The first kappa shape index (κ1) is 15.5. The quantitative estimate of drug-likeness (QED) is 0.790. The second-order valence-electron chi connectivity index (χ2n) is 6.16. The Labute approximate surface area is 124 Å². The van der Waals surface area contributed by atoms with Crippen molar-refractivity contribution in [3.8, 4) is 0 Å². The summed E-state index contributed by atoms with van der Waals surface area (Å²) in [6, 6.07) is 9.83. The molecule has 1 aromatic rings. The van der Waals surface area contributed by atoms with E-state index in [0.717, 1.165) is 25.7 Å². The number of nitrogens with zero attached hydrogens (tertiary/aromatic N) is 1. The Kier molecular flexibility index (Phi) is 6.55. The summed E-state index contributed by atoms with van der Waals surface area (Å²) in [6.07, 6.45) is 8.46. The molecule has 0 amide bonds. The summed E-state index contributed by atoms with van der Waals surface area (Å²) in [4.78, 5) is 2.57. The van der Waals surface area contributed by atoms with Crippen LogP contribution in [-0.4, -0.2) is 24.5 Å². The number of hydrogen-bond donors (Lipinski definition) is 1. The second-order valence-corrected chi connectivity index (χ2v) is 6.16. The van der Waals surface area contributed by atoms with Crippen molar-refractivity contribution >= 4 is 0 Å². The molecule has 0 unspecified atom stereocenters. The molecular formula is C18H30N2. The van der Waals surface area contributed by atoms with Crippen LogP contribution in [0.2, 0.25) is 0 Å². The first-order valence-electron chi connectivity index (χ1n) is 8.28. The van der Waals surface area contributed by atoms with Crippen LogP contribution in [0, 0.1) is 0 Å². The fourth-order valence-electron chi connectivity index (χ4n) is 3.22. The van der Waals surface area contributed by atoms with Gasteiger partial charge in [-0.15, -0.1) is 0 Å². The van der Waals surface area contributed by atoms with Gasteiger partial charge in [-0.05, 0) is 37.6 Å². The molecule has 0 bridgehead atoms. The molecule has 1 aromatic carbocycles. The lowest BCUT2D eigenvalue weighted by molar-refractivity contribution is 0.213. The van der Waals surface area contributed by atoms with Crippen molar-refractivity contribution in [3.63, 3.8) is 0 Å². The van der Waals surface area contributed by atoms with E-state index < -0.39 is 0 Å². The van der Waals surface area contributed by atoms with Crippen molar-refractivity contribution in [1.82, 2.24) is 10.2 Å². The Morgan fingerprint density at radius 3 is 2.50 bits per heavy atom. The molecule has 2 heteroatoms. The largest absolute Gasteiger partial charge is 0.313 e. The van der Waals surface area contributed by atoms with Gasteiger partial charge >= 0.3 is 0 Å². The fourth-order valence-corrected chi connectivity index (χ4v) is 3.22. The molecule has 1 aliphatic carbocycles. The minimum atomic E-state index is 0.787. The van der Waals surface area contributed by atoms with Gasteiger partial charge in [0.2, 0.25) is 0 Å². The van der Waals surface area contributed by atoms with E-state index in [1.807, 2.05) is 0 Å². The maximum absolute atomic E-state index is 3.40. The summed E-state index contributed by atoms with van der Waals surface area (Å²) in [5, 5.41) is 3.40. The van der Waals surface area contributed by atoms with Crippen LogP contribution in [0.15, 0.2) is 24.3 Å². The Morgan fingerprint density at radius 1 is 1.10 bits per heavy atom. The van der Waals surface area contributed by atoms with Crippen LogP contribution in [0.4, 0.5) is 0 Å². The summed E-state index contributed by atoms with van der Waals surface area (Å²) in [5.74, 6) is 0. The van der Waals surface area contributed by atoms with Crippen molar-refractivity contribution in [2.45, 2.75) is 64.6 Å². The number of nitrogens with one attached hydrogen (secondary N) is 1. The first-order valence-corrected chi connectivity index (χ1v) is 8.28. The zero-order valence-electron chi connectivity index (χ0n) is 13.2. The standard InChI is InChI=1S/C18H30N2/c1-3-19-14-16-9-8-10-17(13-16)15-20(2)18-11-6-4-5-7-12-18/h8-10,13,18-19H,3-7,11-12,14-15H2,1-2H3. The molecular weight excluding hydrogens is 244 g/mol. The smallest absolute Gasteiger partial charge is 0.0233 e. The highest BCUT2D eigenvalue weighted by Crippen LogP contribution is 2.22. The molecule has 1 saturated carbocycles. The predicted octanol–water partition coefficient (Wildman–Crippen LogP) is 3.95. The van der Waals surface area contributed by atoms with E-state index in [0.29, 0.717) is 0 Å². The molecule has 0 aliphatic heterocycles. The van der Waals surface area contributed by atoms with Crippen molar-refractivity contribution in [1.29, 1.82) is 0 Å². The van der Waals surface area contributed by atoms with E-state index >= 15 is 0 Å². The highest BCUT2D eigenvalue weighted by Gasteiger charge is 2.16. The van der Waals surface area contributed by atoms with E-state index in [1.165, 1.54) is 49.7 Å². The number of benzene rings is 1. The minimum absolute atomic E-state index is 0.787. The van der Waals surface area contributed by atoms with Crippen LogP contribution in [0.1, 0.15) is 56.6 Å². The molecule has 112 valence electrons. The van der Waals surface area contributed by atoms with Crippen molar-refractivity contribution in [2.24, 2.45) is 0 Å². The van der Waals surface area contributed by atoms with Gasteiger partial charge in [-0.1, -0.05) is 56.9 Å². The Hall–Kier alpha value is -0.860. The maximum atomic E-state index is 3.40. The summed E-state index contributed by atoms with van der Waals surface area (Å²) in [6.45, 7) is 5.26. The van der Waals surface area contributed by atoms with Crippen LogP contribution in [0.25, 0.3) is 0 Å². The fraction of sp³-hybridized carbons (Fsp3) is 0.667. The third kappa shape index (κ3) is 4.92. The lowest BCUT2D eigenvalue weighted by Gasteiger charge is -2.27. The van der Waals surface area contributed by atoms with E-state index in [1.54, 1.807) is 0 Å². The van der Waals surface area contributed by atoms with Gasteiger partial charge in [-0.2, -0.15) is 0 Å². The normalized spacial score (nSPS) is 17.4. The highest BCUT2D eigenvalue weighted by molar-refractivity contribution is 5.23. The minimum Gasteiger partial charge on any atom is -0.313 e. The van der Waals surface area contributed by atoms with Crippen LogP contribution in [0.5, 0.6) is 0 Å². The zero-order valence-corrected chi connectivity index (χ0v) is 13.2. The molecule has 0 atom stereocenters. The van der Waals surface area contributed by atoms with Crippen LogP contribution < -0.4 is 5.32 Å². The van der Waals surface area contributed by atoms with Gasteiger partial charge in [-0.3, -0.25) is 4.90 Å². The second kappa shape index (κ2) is 8.43. The summed E-state index contributed by atoms with van der Waals surface area (Å²) < 4.78 is 0. The van der Waals surface area contributed by atoms with Crippen molar-refractivity contribution in [3.05, 3.63) is 35.4 Å². The lowest BCUT2D eigenvalue weighted by Crippen LogP contribution is -2.30. The summed E-state index contributed by atoms with van der Waals surface area (Å²) in [5.41, 5.74) is 2.85. The van der Waals surface area contributed by atoms with E-state index in [-0.39, 0.29) is 0 Å². The van der Waals surface area contributed by atoms with Gasteiger partial charge < -0.3 is 5.32 Å². The number of hydrogen-bond acceptors (Lipinski definition) is 2. The van der Waals surface area contributed by atoms with Crippen LogP contribution in [0.3, 0.4) is 0 Å². The molecule has 0 radical (unpaired) electrons. The van der Waals surface area contributed by atoms with Gasteiger partial charge in [0.1, 0.15) is 0 Å². The van der Waals surface area contributed by atoms with E-state index in [9.17, 15) is 0 Å². The van der Waals surface area contributed by atoms with Gasteiger partial charge in [0, 0.05) is 19.1 Å². The van der Waals surface area contributed by atoms with E-state index in [2.05, 4.69) is 48.5 Å². The average molecular weight is 274 g/mol. The maximum Gasteiger partial charge on any atom is 0.0233 e. The summed E-state index contributed by atoms with van der Waals surface area (Å²) in [7, 11) is 2.30. The van der Waals surface area contributed by atoms with Crippen molar-refractivity contribution in [2.75, 3.05) is 13.6 Å². The van der Waals surface area contributed by atoms with Gasteiger partial charge in [0.15, 0.2) is 0 Å². The average Bonchev–Trinajstić information content (AvgIpc) is 2.74. The van der Waals surface area contributed by atoms with Crippen LogP contribution >= 0.6 is 0 Å². The molecule has 0 aromatic heterocycles. The lowest BCUT2D eigenvalue weighted by atomic mass is 10.1. The summed E-state index contributed by atoms with van der Waals surface area (Å²) >= 11 is 0. The van der Waals surface area contributed by atoms with Gasteiger partial charge in [-0.25, -0.2) is 0 Å². The molecule has 0 saturated heterocycles. The molecule has 2 rings (SSSR count). The molecule has 0 spiro atoms. The van der Waals surface area contributed by atoms with E-state index in [4.69, 9.17) is 0 Å². The first-order chi connectivity index (χ1) is 9.79.